The molecule has 0 amide bonds. The number of guanidine groups is 1. The Labute approximate surface area is 158 Å². The van der Waals surface area contributed by atoms with Crippen LogP contribution in [0.1, 0.15) is 48.0 Å². The Morgan fingerprint density at radius 2 is 2.17 bits per heavy atom. The number of nitrogens with zero attached hydrogens (tertiary/aromatic N) is 3. The van der Waals surface area contributed by atoms with Gasteiger partial charge >= 0.3 is 0 Å². The van der Waals surface area contributed by atoms with Crippen LogP contribution in [-0.4, -0.2) is 22.6 Å². The lowest BCUT2D eigenvalue weighted by atomic mass is 10.1. The van der Waals surface area contributed by atoms with Crippen LogP contribution in [0.15, 0.2) is 21.8 Å². The largest absolute Gasteiger partial charge is 0.359 e. The van der Waals surface area contributed by atoms with Crippen LogP contribution in [0.4, 0.5) is 0 Å². The maximum absolute atomic E-state index is 5.30. The van der Waals surface area contributed by atoms with Crippen LogP contribution >= 0.6 is 35.3 Å². The molecular formula is C15H24IN5OS. The first kappa shape index (κ1) is 19.9. The van der Waals surface area contributed by atoms with Crippen molar-refractivity contribution >= 4 is 41.3 Å². The Hall–Kier alpha value is -1.16. The highest BCUT2D eigenvalue weighted by Crippen LogP contribution is 2.14. The Balaban J connectivity index is 0.00000264. The van der Waals surface area contributed by atoms with Crippen LogP contribution in [-0.2, 0) is 13.1 Å². The molecule has 2 rings (SSSR count). The van der Waals surface area contributed by atoms with Gasteiger partial charge in [0.25, 0.3) is 0 Å². The van der Waals surface area contributed by atoms with Crippen molar-refractivity contribution < 1.29 is 4.52 Å². The molecule has 2 aromatic rings. The molecule has 0 aliphatic rings. The minimum Gasteiger partial charge on any atom is -0.359 e. The molecule has 128 valence electrons. The lowest BCUT2D eigenvalue weighted by Gasteiger charge is -2.09. The van der Waals surface area contributed by atoms with Crippen LogP contribution in [0.25, 0.3) is 0 Å². The van der Waals surface area contributed by atoms with E-state index >= 15 is 0 Å². The van der Waals surface area contributed by atoms with Crippen LogP contribution in [0.3, 0.4) is 0 Å². The standard InChI is InChI=1S/C15H23N5OS.HI/c1-5-16-15(19-9-13-8-17-11(4)22-13)18-7-12-6-14(10(2)3)20-21-12;/h6,8,10H,5,7,9H2,1-4H3,(H2,16,18,19);1H. The fourth-order valence-electron chi connectivity index (χ4n) is 1.83. The number of thiazole rings is 1. The number of halogens is 1. The van der Waals surface area contributed by atoms with E-state index in [4.69, 9.17) is 4.52 Å². The van der Waals surface area contributed by atoms with Crippen LogP contribution in [0, 0.1) is 6.92 Å². The first-order chi connectivity index (χ1) is 10.6. The van der Waals surface area contributed by atoms with Crippen molar-refractivity contribution in [3.8, 4) is 0 Å². The van der Waals surface area contributed by atoms with Gasteiger partial charge in [-0.3, -0.25) is 0 Å². The molecule has 8 heteroatoms. The van der Waals surface area contributed by atoms with E-state index in [1.54, 1.807) is 11.3 Å². The molecule has 0 aliphatic carbocycles. The van der Waals surface area contributed by atoms with Gasteiger partial charge in [0, 0.05) is 23.7 Å². The summed E-state index contributed by atoms with van der Waals surface area (Å²) in [5.41, 5.74) is 0.961. The number of rotatable bonds is 6. The molecule has 2 heterocycles. The molecule has 0 bridgehead atoms. The number of aromatic nitrogens is 2. The number of aliphatic imine (C=N–C) groups is 1. The van der Waals surface area contributed by atoms with E-state index in [0.29, 0.717) is 19.0 Å². The van der Waals surface area contributed by atoms with Gasteiger partial charge in [-0.1, -0.05) is 19.0 Å². The van der Waals surface area contributed by atoms with Gasteiger partial charge in [0.05, 0.1) is 17.2 Å². The lowest BCUT2D eigenvalue weighted by Crippen LogP contribution is -2.36. The lowest BCUT2D eigenvalue weighted by molar-refractivity contribution is 0.376. The second kappa shape index (κ2) is 9.86. The zero-order chi connectivity index (χ0) is 15.9. The fraction of sp³-hybridized carbons (Fsp3) is 0.533. The minimum atomic E-state index is 0. The van der Waals surface area contributed by atoms with Crippen molar-refractivity contribution in [1.29, 1.82) is 0 Å². The van der Waals surface area contributed by atoms with Crippen LogP contribution in [0.2, 0.25) is 0 Å². The smallest absolute Gasteiger partial charge is 0.191 e. The molecule has 0 spiro atoms. The van der Waals surface area contributed by atoms with E-state index in [1.807, 2.05) is 26.1 Å². The summed E-state index contributed by atoms with van der Waals surface area (Å²) in [5.74, 6) is 1.90. The van der Waals surface area contributed by atoms with Crippen molar-refractivity contribution in [2.24, 2.45) is 4.99 Å². The van der Waals surface area contributed by atoms with Gasteiger partial charge in [-0.25, -0.2) is 9.98 Å². The second-order valence-corrected chi connectivity index (χ2v) is 6.59. The molecule has 0 atom stereocenters. The Bertz CT molecular complexity index is 623. The Morgan fingerprint density at radius 3 is 2.74 bits per heavy atom. The molecule has 0 unspecified atom stereocenters. The van der Waals surface area contributed by atoms with Crippen molar-refractivity contribution in [2.45, 2.75) is 46.7 Å². The average molecular weight is 449 g/mol. The normalized spacial score (nSPS) is 11.4. The fourth-order valence-corrected chi connectivity index (χ4v) is 2.57. The monoisotopic (exact) mass is 449 g/mol. The van der Waals surface area contributed by atoms with Gasteiger partial charge < -0.3 is 15.2 Å². The summed E-state index contributed by atoms with van der Waals surface area (Å²) in [6.45, 7) is 10.2. The summed E-state index contributed by atoms with van der Waals surface area (Å²) in [4.78, 5) is 9.96. The van der Waals surface area contributed by atoms with E-state index in [9.17, 15) is 0 Å². The molecule has 6 nitrogen and oxygen atoms in total. The van der Waals surface area contributed by atoms with E-state index in [-0.39, 0.29) is 24.0 Å². The van der Waals surface area contributed by atoms with E-state index < -0.39 is 0 Å². The quantitative estimate of drug-likeness (QED) is 0.402. The topological polar surface area (TPSA) is 75.3 Å². The highest BCUT2D eigenvalue weighted by atomic mass is 127. The van der Waals surface area contributed by atoms with E-state index in [2.05, 4.69) is 39.6 Å². The maximum Gasteiger partial charge on any atom is 0.191 e. The summed E-state index contributed by atoms with van der Waals surface area (Å²) < 4.78 is 5.30. The van der Waals surface area contributed by atoms with E-state index in [0.717, 1.165) is 29.0 Å². The average Bonchev–Trinajstić information content (AvgIpc) is 3.11. The maximum atomic E-state index is 5.30. The third-order valence-corrected chi connectivity index (χ3v) is 3.92. The zero-order valence-electron chi connectivity index (χ0n) is 13.9. The molecule has 0 fully saturated rings. The summed E-state index contributed by atoms with van der Waals surface area (Å²) in [5, 5.41) is 11.6. The molecule has 0 saturated carbocycles. The Kier molecular flexibility index (Phi) is 8.53. The van der Waals surface area contributed by atoms with Gasteiger partial charge in [0.2, 0.25) is 0 Å². The zero-order valence-corrected chi connectivity index (χ0v) is 17.1. The molecule has 2 N–H and O–H groups in total. The summed E-state index contributed by atoms with van der Waals surface area (Å²) in [6, 6.07) is 1.96. The van der Waals surface area contributed by atoms with Gasteiger partial charge in [-0.05, 0) is 19.8 Å². The highest BCUT2D eigenvalue weighted by molar-refractivity contribution is 14.0. The number of nitrogens with one attached hydrogen (secondary N) is 2. The van der Waals surface area contributed by atoms with Crippen LogP contribution in [0.5, 0.6) is 0 Å². The number of hydrogen-bond acceptors (Lipinski definition) is 5. The molecular weight excluding hydrogens is 425 g/mol. The summed E-state index contributed by atoms with van der Waals surface area (Å²) >= 11 is 1.68. The second-order valence-electron chi connectivity index (χ2n) is 5.27. The Morgan fingerprint density at radius 1 is 1.39 bits per heavy atom. The van der Waals surface area contributed by atoms with Crippen LogP contribution < -0.4 is 10.6 Å². The molecule has 23 heavy (non-hydrogen) atoms. The number of aryl methyl sites for hydroxylation is 1. The third kappa shape index (κ3) is 6.46. The molecule has 0 aliphatic heterocycles. The molecule has 0 radical (unpaired) electrons. The first-order valence-electron chi connectivity index (χ1n) is 7.47. The van der Waals surface area contributed by atoms with Crippen molar-refractivity contribution in [1.82, 2.24) is 20.8 Å². The number of hydrogen-bond donors (Lipinski definition) is 2. The SMILES string of the molecule is CCNC(=NCc1cc(C(C)C)no1)NCc1cnc(C)s1.I. The predicted molar refractivity (Wildman–Crippen MR) is 105 cm³/mol. The minimum absolute atomic E-state index is 0. The third-order valence-electron chi connectivity index (χ3n) is 3.01. The summed E-state index contributed by atoms with van der Waals surface area (Å²) in [7, 11) is 0. The van der Waals surface area contributed by atoms with Gasteiger partial charge in [0.15, 0.2) is 11.7 Å². The van der Waals surface area contributed by atoms with Crippen molar-refractivity contribution in [2.75, 3.05) is 6.54 Å². The van der Waals surface area contributed by atoms with Gasteiger partial charge in [-0.15, -0.1) is 35.3 Å². The highest BCUT2D eigenvalue weighted by Gasteiger charge is 2.07. The van der Waals surface area contributed by atoms with Crippen molar-refractivity contribution in [3.63, 3.8) is 0 Å². The van der Waals surface area contributed by atoms with E-state index in [1.165, 1.54) is 4.88 Å². The molecule has 2 aromatic heterocycles. The molecule has 0 aromatic carbocycles. The predicted octanol–water partition coefficient (Wildman–Crippen LogP) is 3.44. The van der Waals surface area contributed by atoms with Gasteiger partial charge in [0.1, 0.15) is 6.54 Å². The summed E-state index contributed by atoms with van der Waals surface area (Å²) in [6.07, 6.45) is 1.89. The first-order valence-corrected chi connectivity index (χ1v) is 8.29. The van der Waals surface area contributed by atoms with Crippen molar-refractivity contribution in [3.05, 3.63) is 33.6 Å². The molecule has 0 saturated heterocycles. The van der Waals surface area contributed by atoms with Gasteiger partial charge in [-0.2, -0.15) is 0 Å².